The molecule has 0 spiro atoms. The second kappa shape index (κ2) is 11.6. The van der Waals surface area contributed by atoms with E-state index in [0.717, 1.165) is 51.0 Å². The van der Waals surface area contributed by atoms with Crippen molar-refractivity contribution in [2.45, 2.75) is 83.9 Å². The van der Waals surface area contributed by atoms with E-state index >= 15 is 0 Å². The van der Waals surface area contributed by atoms with Gasteiger partial charge in [-0.15, -0.1) is 0 Å². The minimum atomic E-state index is -3.01. The predicted octanol–water partition coefficient (Wildman–Crippen LogP) is 6.27. The molecule has 10 nitrogen and oxygen atoms in total. The number of hydrogen-bond acceptors (Lipinski definition) is 7. The molecule has 0 bridgehead atoms. The maximum atomic E-state index is 13.8. The number of rotatable bonds is 4. The largest absolute Gasteiger partial charge is 0.443 e. The predicted molar refractivity (Wildman–Crippen MR) is 182 cm³/mol. The van der Waals surface area contributed by atoms with Gasteiger partial charge in [0.05, 0.1) is 29.4 Å². The van der Waals surface area contributed by atoms with Crippen LogP contribution in [-0.2, 0) is 27.7 Å². The van der Waals surface area contributed by atoms with Gasteiger partial charge in [-0.25, -0.2) is 27.6 Å². The van der Waals surface area contributed by atoms with Crippen LogP contribution in [0, 0.1) is 3.57 Å². The second-order valence-corrected chi connectivity index (χ2v) is 17.3. The van der Waals surface area contributed by atoms with Crippen LogP contribution in [0.25, 0.3) is 22.3 Å². The molecule has 44 heavy (non-hydrogen) atoms. The van der Waals surface area contributed by atoms with Crippen molar-refractivity contribution < 1.29 is 22.7 Å². The highest BCUT2D eigenvalue weighted by atomic mass is 127. The first kappa shape index (κ1) is 32.7. The van der Waals surface area contributed by atoms with Crippen LogP contribution < -0.4 is 4.90 Å². The third kappa shape index (κ3) is 6.34. The van der Waals surface area contributed by atoms with Gasteiger partial charge in [-0.2, -0.15) is 0 Å². The number of fused-ring (bicyclic) bond motifs is 3. The van der Waals surface area contributed by atoms with Gasteiger partial charge in [0.25, 0.3) is 0 Å². The monoisotopic (exact) mass is 735 g/mol. The lowest BCUT2D eigenvalue weighted by atomic mass is 10.0. The van der Waals surface area contributed by atoms with Gasteiger partial charge >= 0.3 is 12.1 Å². The zero-order valence-corrected chi connectivity index (χ0v) is 29.7. The number of carbonyl (C=O) groups excluding carboxylic acids is 2. The molecule has 5 rings (SSSR count). The smallest absolute Gasteiger partial charge is 0.420 e. The molecule has 3 aromatic rings. The molecule has 0 radical (unpaired) electrons. The molecule has 1 fully saturated rings. The molecular weight excluding hydrogens is 693 g/mol. The van der Waals surface area contributed by atoms with Crippen LogP contribution in [0.3, 0.4) is 0 Å². The number of urea groups is 1. The summed E-state index contributed by atoms with van der Waals surface area (Å²) >= 11 is 2.29. The quantitative estimate of drug-likeness (QED) is 0.291. The summed E-state index contributed by atoms with van der Waals surface area (Å²) in [6.45, 7) is 14.2. The Labute approximate surface area is 273 Å². The van der Waals surface area contributed by atoms with E-state index in [0.29, 0.717) is 30.7 Å². The van der Waals surface area contributed by atoms with Crippen LogP contribution >= 0.6 is 22.6 Å². The van der Waals surface area contributed by atoms with E-state index < -0.39 is 27.1 Å². The van der Waals surface area contributed by atoms with E-state index in [1.54, 1.807) is 22.7 Å². The first-order valence-corrected chi connectivity index (χ1v) is 17.9. The number of amides is 2. The Kier molecular flexibility index (Phi) is 8.60. The van der Waals surface area contributed by atoms with Crippen molar-refractivity contribution in [1.82, 2.24) is 19.4 Å². The molecule has 0 N–H and O–H groups in total. The summed E-state index contributed by atoms with van der Waals surface area (Å²) in [5.41, 5.74) is 3.69. The molecule has 2 aromatic heterocycles. The number of ether oxygens (including phenoxy) is 1. The number of halogens is 1. The van der Waals surface area contributed by atoms with Crippen LogP contribution in [-0.4, -0.2) is 82.7 Å². The third-order valence-electron chi connectivity index (χ3n) is 8.36. The lowest BCUT2D eigenvalue weighted by Gasteiger charge is -2.42. The lowest BCUT2D eigenvalue weighted by molar-refractivity contribution is 0.0546. The second-order valence-electron chi connectivity index (χ2n) is 13.9. The summed E-state index contributed by atoms with van der Waals surface area (Å²) in [5, 5.41) is 0.570. The molecule has 2 aliphatic rings. The maximum Gasteiger partial charge on any atom is 0.420 e. The van der Waals surface area contributed by atoms with E-state index in [1.165, 1.54) is 6.26 Å². The number of nitrogens with zero attached hydrogens (tertiary/aromatic N) is 5. The minimum absolute atomic E-state index is 0.0934. The van der Waals surface area contributed by atoms with Gasteiger partial charge in [0.1, 0.15) is 15.4 Å². The van der Waals surface area contributed by atoms with E-state index in [9.17, 15) is 18.0 Å². The molecule has 2 amide bonds. The highest BCUT2D eigenvalue weighted by molar-refractivity contribution is 14.1. The number of anilines is 1. The number of hydrogen-bond donors (Lipinski definition) is 0. The van der Waals surface area contributed by atoms with Gasteiger partial charge < -0.3 is 9.64 Å². The summed E-state index contributed by atoms with van der Waals surface area (Å²) in [6.07, 6.45) is 3.78. The summed E-state index contributed by atoms with van der Waals surface area (Å²) in [7, 11) is -1.26. The summed E-state index contributed by atoms with van der Waals surface area (Å²) in [6, 6.07) is 8.05. The van der Waals surface area contributed by atoms with Crippen LogP contribution in [0.4, 0.5) is 15.3 Å². The third-order valence-corrected chi connectivity index (χ3v) is 11.1. The Morgan fingerprint density at radius 1 is 1.07 bits per heavy atom. The van der Waals surface area contributed by atoms with Crippen LogP contribution in [0.1, 0.15) is 65.5 Å². The van der Waals surface area contributed by atoms with Gasteiger partial charge in [0.15, 0.2) is 5.65 Å². The van der Waals surface area contributed by atoms with Crippen LogP contribution in [0.5, 0.6) is 0 Å². The summed E-state index contributed by atoms with van der Waals surface area (Å²) in [4.78, 5) is 37.5. The average molecular weight is 736 g/mol. The van der Waals surface area contributed by atoms with Crippen molar-refractivity contribution in [3.63, 3.8) is 0 Å². The molecule has 4 heterocycles. The van der Waals surface area contributed by atoms with Gasteiger partial charge in [-0.05, 0) is 101 Å². The first-order chi connectivity index (χ1) is 20.4. The number of likely N-dealkylation sites (tertiary alicyclic amines) is 1. The fraction of sp³-hybridized carbons (Fsp3) is 0.531. The average Bonchev–Trinajstić information content (AvgIpc) is 3.22. The number of pyridine rings is 1. The molecule has 12 heteroatoms. The van der Waals surface area contributed by atoms with Crippen LogP contribution in [0.15, 0.2) is 30.5 Å². The zero-order chi connectivity index (χ0) is 32.4. The Morgan fingerprint density at radius 3 is 2.23 bits per heavy atom. The topological polar surface area (TPSA) is 105 Å². The fourth-order valence-corrected chi connectivity index (χ4v) is 8.18. The van der Waals surface area contributed by atoms with E-state index in [-0.39, 0.29) is 11.3 Å². The summed E-state index contributed by atoms with van der Waals surface area (Å²) in [5.74, 6) is 0. The van der Waals surface area contributed by atoms with Gasteiger partial charge in [-0.1, -0.05) is 24.3 Å². The molecule has 0 saturated carbocycles. The SMILES string of the molecule is CN1C(=O)N(C(C)(C)C)Cc2c1cnc1c2c(I)c(-c2ccc(CN3CCC(S(C)(=O)=O)CC3)cc2)n1C(=O)OC(C)(C)C. The molecule has 0 atom stereocenters. The van der Waals surface area contributed by atoms with Gasteiger partial charge in [0, 0.05) is 39.9 Å². The summed E-state index contributed by atoms with van der Waals surface area (Å²) < 4.78 is 32.2. The lowest BCUT2D eigenvalue weighted by Crippen LogP contribution is -2.53. The fourth-order valence-electron chi connectivity index (χ4n) is 6.00. The Hall–Kier alpha value is -2.71. The van der Waals surface area contributed by atoms with Gasteiger partial charge in [-0.3, -0.25) is 9.80 Å². The first-order valence-electron chi connectivity index (χ1n) is 14.9. The molecule has 1 aromatic carbocycles. The van der Waals surface area contributed by atoms with Crippen molar-refractivity contribution in [2.24, 2.45) is 0 Å². The van der Waals surface area contributed by atoms with Crippen molar-refractivity contribution in [3.05, 3.63) is 45.2 Å². The maximum absolute atomic E-state index is 13.8. The Balaban J connectivity index is 1.56. The Morgan fingerprint density at radius 2 is 1.68 bits per heavy atom. The molecular formula is C32H42IN5O5S. The van der Waals surface area contributed by atoms with Crippen molar-refractivity contribution >= 4 is 61.3 Å². The van der Waals surface area contributed by atoms with Gasteiger partial charge in [0.2, 0.25) is 0 Å². The number of benzene rings is 1. The standard InChI is InChI=1S/C32H42IN5O5S/c1-31(2,3)37-19-23-24(35(7)29(37)39)17-34-28-25(23)26(33)27(38(28)30(40)43-32(4,5)6)21-11-9-20(10-12-21)18-36-15-13-22(14-16-36)44(8,41)42/h9-12,17,22H,13-16,18-19H2,1-8H3. The molecule has 2 aliphatic heterocycles. The molecule has 1 saturated heterocycles. The highest BCUT2D eigenvalue weighted by Crippen LogP contribution is 2.42. The number of sulfone groups is 1. The van der Waals surface area contributed by atoms with E-state index in [1.807, 2.05) is 58.6 Å². The van der Waals surface area contributed by atoms with E-state index in [2.05, 4.69) is 39.6 Å². The Bertz CT molecular complexity index is 1710. The van der Waals surface area contributed by atoms with Crippen LogP contribution in [0.2, 0.25) is 0 Å². The van der Waals surface area contributed by atoms with Crippen molar-refractivity contribution in [3.8, 4) is 11.3 Å². The molecule has 0 aliphatic carbocycles. The van der Waals surface area contributed by atoms with Crippen molar-refractivity contribution in [1.29, 1.82) is 0 Å². The number of carbonyl (C=O) groups is 2. The minimum Gasteiger partial charge on any atom is -0.443 e. The number of piperidine rings is 1. The molecule has 0 unspecified atom stereocenters. The van der Waals surface area contributed by atoms with E-state index in [4.69, 9.17) is 9.72 Å². The number of aromatic nitrogens is 2. The van der Waals surface area contributed by atoms with Crippen molar-refractivity contribution in [2.75, 3.05) is 31.3 Å². The normalized spacial score (nSPS) is 17.3. The zero-order valence-electron chi connectivity index (χ0n) is 26.8. The highest BCUT2D eigenvalue weighted by Gasteiger charge is 2.38. The molecule has 238 valence electrons.